The molecule has 1 aromatic heterocycles. The zero-order valence-electron chi connectivity index (χ0n) is 16.8. The number of allylic oxidation sites excluding steroid dienone is 2. The zero-order chi connectivity index (χ0) is 20.3. The summed E-state index contributed by atoms with van der Waals surface area (Å²) < 4.78 is 5.44. The monoisotopic (exact) mass is 399 g/mol. The van der Waals surface area contributed by atoms with E-state index in [-0.39, 0.29) is 18.4 Å². The molecule has 0 unspecified atom stereocenters. The molecule has 0 atom stereocenters. The quantitative estimate of drug-likeness (QED) is 0.765. The number of furan rings is 1. The minimum atomic E-state index is -0.816. The van der Waals surface area contributed by atoms with E-state index in [0.29, 0.717) is 25.1 Å². The van der Waals surface area contributed by atoms with E-state index in [1.165, 1.54) is 0 Å². The van der Waals surface area contributed by atoms with Gasteiger partial charge < -0.3 is 14.6 Å². The lowest BCUT2D eigenvalue weighted by Gasteiger charge is -2.29. The Balaban J connectivity index is 1.51. The Bertz CT molecular complexity index is 791. The van der Waals surface area contributed by atoms with Gasteiger partial charge in [0.05, 0.1) is 12.8 Å². The number of imide groups is 1. The molecule has 7 nitrogen and oxygen atoms in total. The molecule has 0 aromatic carbocycles. The lowest BCUT2D eigenvalue weighted by atomic mass is 9.90. The van der Waals surface area contributed by atoms with Gasteiger partial charge in [-0.2, -0.15) is 0 Å². The van der Waals surface area contributed by atoms with Gasteiger partial charge in [-0.05, 0) is 50.7 Å². The molecule has 7 heteroatoms. The number of urea groups is 1. The van der Waals surface area contributed by atoms with Gasteiger partial charge >= 0.3 is 6.03 Å². The Morgan fingerprint density at radius 2 is 1.93 bits per heavy atom. The summed E-state index contributed by atoms with van der Waals surface area (Å²) in [5, 5.41) is 2.91. The van der Waals surface area contributed by atoms with Gasteiger partial charge in [-0.3, -0.25) is 14.5 Å². The third-order valence-electron chi connectivity index (χ3n) is 6.31. The van der Waals surface area contributed by atoms with E-state index in [2.05, 4.69) is 11.4 Å². The van der Waals surface area contributed by atoms with E-state index < -0.39 is 11.6 Å². The first-order chi connectivity index (χ1) is 14.1. The molecule has 1 spiro atoms. The maximum absolute atomic E-state index is 13.2. The lowest BCUT2D eigenvalue weighted by molar-refractivity contribution is -0.138. The van der Waals surface area contributed by atoms with Crippen molar-refractivity contribution >= 4 is 17.8 Å². The van der Waals surface area contributed by atoms with Crippen LogP contribution in [0.15, 0.2) is 34.6 Å². The maximum Gasteiger partial charge on any atom is 0.325 e. The summed E-state index contributed by atoms with van der Waals surface area (Å²) in [5.41, 5.74) is 0.137. The highest BCUT2D eigenvalue weighted by molar-refractivity contribution is 6.09. The summed E-state index contributed by atoms with van der Waals surface area (Å²) in [7, 11) is 0. The fraction of sp³-hybridized carbons (Fsp3) is 0.591. The van der Waals surface area contributed by atoms with Gasteiger partial charge in [-0.1, -0.05) is 31.8 Å². The van der Waals surface area contributed by atoms with Crippen LogP contribution in [-0.2, 0) is 16.1 Å². The summed E-state index contributed by atoms with van der Waals surface area (Å²) in [4.78, 5) is 41.8. The Hall–Kier alpha value is -2.57. The molecule has 1 aliphatic heterocycles. The molecule has 0 radical (unpaired) electrons. The highest BCUT2D eigenvalue weighted by atomic mass is 16.3. The van der Waals surface area contributed by atoms with E-state index >= 15 is 0 Å². The van der Waals surface area contributed by atoms with Crippen LogP contribution in [0.2, 0.25) is 0 Å². The normalized spacial score (nSPS) is 21.7. The van der Waals surface area contributed by atoms with Crippen molar-refractivity contribution in [3.63, 3.8) is 0 Å². The van der Waals surface area contributed by atoms with Gasteiger partial charge in [-0.15, -0.1) is 0 Å². The number of hydrogen-bond acceptors (Lipinski definition) is 4. The summed E-state index contributed by atoms with van der Waals surface area (Å²) in [6.07, 6.45) is 12.9. The molecule has 3 aliphatic rings. The van der Waals surface area contributed by atoms with E-state index in [1.54, 1.807) is 17.2 Å². The molecule has 4 rings (SSSR count). The van der Waals surface area contributed by atoms with E-state index in [0.717, 1.165) is 62.0 Å². The molecule has 156 valence electrons. The van der Waals surface area contributed by atoms with Crippen LogP contribution >= 0.6 is 0 Å². The fourth-order valence-electron chi connectivity index (χ4n) is 4.69. The highest BCUT2D eigenvalue weighted by Crippen LogP contribution is 2.33. The van der Waals surface area contributed by atoms with Gasteiger partial charge in [0.15, 0.2) is 0 Å². The predicted molar refractivity (Wildman–Crippen MR) is 106 cm³/mol. The summed E-state index contributed by atoms with van der Waals surface area (Å²) in [6, 6.07) is 3.18. The van der Waals surface area contributed by atoms with Crippen molar-refractivity contribution in [2.24, 2.45) is 0 Å². The average Bonchev–Trinajstić information content (AvgIpc) is 3.23. The Kier molecular flexibility index (Phi) is 5.74. The minimum Gasteiger partial charge on any atom is -0.467 e. The Morgan fingerprint density at radius 1 is 1.14 bits per heavy atom. The van der Waals surface area contributed by atoms with Crippen LogP contribution in [0.4, 0.5) is 4.79 Å². The van der Waals surface area contributed by atoms with E-state index in [4.69, 9.17) is 4.42 Å². The number of carbonyl (C=O) groups is 3. The number of hydrogen-bond donors (Lipinski definition) is 1. The van der Waals surface area contributed by atoms with Crippen molar-refractivity contribution in [1.82, 2.24) is 15.1 Å². The van der Waals surface area contributed by atoms with Crippen molar-refractivity contribution < 1.29 is 18.8 Å². The molecular formula is C22H29N3O4. The summed E-state index contributed by atoms with van der Waals surface area (Å²) >= 11 is 0. The third kappa shape index (κ3) is 4.09. The van der Waals surface area contributed by atoms with Crippen LogP contribution in [0.3, 0.4) is 0 Å². The van der Waals surface area contributed by atoms with E-state index in [9.17, 15) is 14.4 Å². The standard InChI is InChI=1S/C22H29N3O4/c26-19(24(15-18-11-8-14-29-18)17-9-4-3-5-10-17)16-25-20(27)22(23-21(25)28)12-6-1-2-7-13-22/h8-9,11,14H,1-7,10,12-13,15-16H2,(H,23,28). The molecule has 0 bridgehead atoms. The molecule has 2 aliphatic carbocycles. The van der Waals surface area contributed by atoms with Crippen LogP contribution in [0.1, 0.15) is 70.0 Å². The Morgan fingerprint density at radius 3 is 2.59 bits per heavy atom. The molecule has 2 fully saturated rings. The van der Waals surface area contributed by atoms with Crippen molar-refractivity contribution in [3.05, 3.63) is 35.9 Å². The molecular weight excluding hydrogens is 370 g/mol. The molecule has 1 saturated heterocycles. The van der Waals surface area contributed by atoms with Gasteiger partial charge in [0.1, 0.15) is 17.8 Å². The maximum atomic E-state index is 13.2. The second-order valence-electron chi connectivity index (χ2n) is 8.32. The number of nitrogens with zero attached hydrogens (tertiary/aromatic N) is 2. The molecule has 4 amide bonds. The van der Waals surface area contributed by atoms with Gasteiger partial charge in [0, 0.05) is 5.70 Å². The number of carbonyl (C=O) groups excluding carboxylic acids is 3. The van der Waals surface area contributed by atoms with Gasteiger partial charge in [-0.25, -0.2) is 4.79 Å². The molecule has 1 saturated carbocycles. The topological polar surface area (TPSA) is 82.9 Å². The van der Waals surface area contributed by atoms with Crippen LogP contribution in [-0.4, -0.2) is 39.7 Å². The number of amides is 4. The smallest absolute Gasteiger partial charge is 0.325 e. The first-order valence-electron chi connectivity index (χ1n) is 10.7. The van der Waals surface area contributed by atoms with Gasteiger partial charge in [0.2, 0.25) is 5.91 Å². The highest BCUT2D eigenvalue weighted by Gasteiger charge is 2.51. The van der Waals surface area contributed by atoms with Crippen LogP contribution < -0.4 is 5.32 Å². The number of rotatable bonds is 5. The van der Waals surface area contributed by atoms with Crippen molar-refractivity contribution in [3.8, 4) is 0 Å². The predicted octanol–water partition coefficient (Wildman–Crippen LogP) is 3.71. The first-order valence-corrected chi connectivity index (χ1v) is 10.7. The molecule has 1 N–H and O–H groups in total. The molecule has 2 heterocycles. The largest absolute Gasteiger partial charge is 0.467 e. The number of nitrogens with one attached hydrogen (secondary N) is 1. The third-order valence-corrected chi connectivity index (χ3v) is 6.31. The minimum absolute atomic E-state index is 0.232. The Labute approximate surface area is 171 Å². The van der Waals surface area contributed by atoms with Crippen LogP contribution in [0.25, 0.3) is 0 Å². The van der Waals surface area contributed by atoms with Gasteiger partial charge in [0.25, 0.3) is 5.91 Å². The average molecular weight is 399 g/mol. The van der Waals surface area contributed by atoms with E-state index in [1.807, 2.05) is 6.07 Å². The zero-order valence-corrected chi connectivity index (χ0v) is 16.8. The molecule has 29 heavy (non-hydrogen) atoms. The summed E-state index contributed by atoms with van der Waals surface area (Å²) in [5.74, 6) is 0.194. The van der Waals surface area contributed by atoms with Crippen LogP contribution in [0.5, 0.6) is 0 Å². The van der Waals surface area contributed by atoms with Crippen molar-refractivity contribution in [2.75, 3.05) is 6.54 Å². The second-order valence-corrected chi connectivity index (χ2v) is 8.32. The molecule has 1 aromatic rings. The SMILES string of the molecule is O=C(CN1C(=O)NC2(CCCCCC2)C1=O)N(Cc1ccco1)C1=CCCCC1. The lowest BCUT2D eigenvalue weighted by Crippen LogP contribution is -2.47. The first kappa shape index (κ1) is 19.7. The van der Waals surface area contributed by atoms with Crippen molar-refractivity contribution in [1.29, 1.82) is 0 Å². The fourth-order valence-corrected chi connectivity index (χ4v) is 4.69. The summed E-state index contributed by atoms with van der Waals surface area (Å²) in [6.45, 7) is 0.0803. The van der Waals surface area contributed by atoms with Crippen molar-refractivity contribution in [2.45, 2.75) is 76.3 Å². The second kappa shape index (κ2) is 8.43. The van der Waals surface area contributed by atoms with Crippen LogP contribution in [0, 0.1) is 0 Å².